The molecule has 2 heterocycles. The summed E-state index contributed by atoms with van der Waals surface area (Å²) in [6, 6.07) is -0.472. The maximum Gasteiger partial charge on any atom is 0.305 e. The number of carboxylic acids is 1. The summed E-state index contributed by atoms with van der Waals surface area (Å²) in [5.74, 6) is -0.857. The van der Waals surface area contributed by atoms with Crippen LogP contribution in [0.15, 0.2) is 0 Å². The highest BCUT2D eigenvalue weighted by Gasteiger charge is 2.33. The van der Waals surface area contributed by atoms with E-state index >= 15 is 0 Å². The number of amides is 1. The molecule has 0 aromatic heterocycles. The Balaban J connectivity index is 1.98. The van der Waals surface area contributed by atoms with Crippen LogP contribution in [0.3, 0.4) is 0 Å². The predicted molar refractivity (Wildman–Crippen MR) is 64.2 cm³/mol. The molecule has 2 saturated heterocycles. The van der Waals surface area contributed by atoms with Gasteiger partial charge in [0.2, 0.25) is 5.91 Å². The standard InChI is InChI=1S/C12H20N2O4/c15-11(16)7-9-8-18-6-5-14(9)12(17)10-3-1-2-4-13-10/h9-10,13H,1-8H2,(H,15,16)/t9?,10-/m1/s1. The van der Waals surface area contributed by atoms with E-state index in [1.54, 1.807) is 4.90 Å². The average molecular weight is 256 g/mol. The minimum Gasteiger partial charge on any atom is -0.481 e. The highest BCUT2D eigenvalue weighted by atomic mass is 16.5. The maximum atomic E-state index is 12.4. The lowest BCUT2D eigenvalue weighted by Gasteiger charge is -2.38. The van der Waals surface area contributed by atoms with Gasteiger partial charge in [-0.3, -0.25) is 9.59 Å². The number of nitrogens with one attached hydrogen (secondary N) is 1. The summed E-state index contributed by atoms with van der Waals surface area (Å²) in [6.07, 6.45) is 2.96. The smallest absolute Gasteiger partial charge is 0.305 e. The Hall–Kier alpha value is -1.14. The van der Waals surface area contributed by atoms with E-state index in [0.29, 0.717) is 19.8 Å². The van der Waals surface area contributed by atoms with Gasteiger partial charge in [-0.2, -0.15) is 0 Å². The van der Waals surface area contributed by atoms with Crippen molar-refractivity contribution in [2.45, 2.75) is 37.8 Å². The number of piperidine rings is 1. The first-order valence-corrected chi connectivity index (χ1v) is 6.52. The molecule has 0 spiro atoms. The number of nitrogens with zero attached hydrogens (tertiary/aromatic N) is 1. The minimum atomic E-state index is -0.889. The van der Waals surface area contributed by atoms with Gasteiger partial charge in [0.25, 0.3) is 0 Å². The van der Waals surface area contributed by atoms with Crippen LogP contribution in [0.25, 0.3) is 0 Å². The zero-order valence-corrected chi connectivity index (χ0v) is 10.4. The van der Waals surface area contributed by atoms with Gasteiger partial charge in [-0.05, 0) is 19.4 Å². The Morgan fingerprint density at radius 3 is 2.89 bits per heavy atom. The van der Waals surface area contributed by atoms with Gasteiger partial charge >= 0.3 is 5.97 Å². The van der Waals surface area contributed by atoms with Crippen molar-refractivity contribution in [3.05, 3.63) is 0 Å². The third-order valence-electron chi connectivity index (χ3n) is 3.53. The summed E-state index contributed by atoms with van der Waals surface area (Å²) in [5, 5.41) is 12.1. The molecule has 2 atom stereocenters. The fourth-order valence-electron chi connectivity index (χ4n) is 2.58. The van der Waals surface area contributed by atoms with Crippen molar-refractivity contribution >= 4 is 11.9 Å². The number of aliphatic carboxylic acids is 1. The molecule has 0 aromatic carbocycles. The largest absolute Gasteiger partial charge is 0.481 e. The van der Waals surface area contributed by atoms with Crippen LogP contribution in [-0.2, 0) is 14.3 Å². The molecule has 2 fully saturated rings. The molecule has 102 valence electrons. The van der Waals surface area contributed by atoms with Crippen molar-refractivity contribution in [3.63, 3.8) is 0 Å². The molecule has 2 aliphatic rings. The molecular weight excluding hydrogens is 236 g/mol. The van der Waals surface area contributed by atoms with Gasteiger partial charge in [0.1, 0.15) is 0 Å². The second-order valence-electron chi connectivity index (χ2n) is 4.86. The summed E-state index contributed by atoms with van der Waals surface area (Å²) in [4.78, 5) is 24.8. The molecule has 0 saturated carbocycles. The van der Waals surface area contributed by atoms with E-state index in [0.717, 1.165) is 25.8 Å². The second kappa shape index (κ2) is 6.15. The first-order chi connectivity index (χ1) is 8.68. The van der Waals surface area contributed by atoms with Crippen molar-refractivity contribution in [1.29, 1.82) is 0 Å². The zero-order valence-electron chi connectivity index (χ0n) is 10.4. The first-order valence-electron chi connectivity index (χ1n) is 6.52. The Morgan fingerprint density at radius 1 is 1.39 bits per heavy atom. The summed E-state index contributed by atoms with van der Waals surface area (Å²) < 4.78 is 5.27. The van der Waals surface area contributed by atoms with Crippen molar-refractivity contribution in [2.24, 2.45) is 0 Å². The molecule has 6 nitrogen and oxygen atoms in total. The Bertz CT molecular complexity index is 315. The lowest BCUT2D eigenvalue weighted by molar-refractivity contribution is -0.148. The lowest BCUT2D eigenvalue weighted by atomic mass is 10.0. The lowest BCUT2D eigenvalue weighted by Crippen LogP contribution is -2.56. The van der Waals surface area contributed by atoms with E-state index in [1.165, 1.54) is 0 Å². The number of hydrogen-bond acceptors (Lipinski definition) is 4. The summed E-state index contributed by atoms with van der Waals surface area (Å²) >= 11 is 0. The molecule has 6 heteroatoms. The molecule has 2 aliphatic heterocycles. The van der Waals surface area contributed by atoms with Gasteiger partial charge in [0.05, 0.1) is 31.7 Å². The fraction of sp³-hybridized carbons (Fsp3) is 0.833. The van der Waals surface area contributed by atoms with Gasteiger partial charge < -0.3 is 20.1 Å². The van der Waals surface area contributed by atoms with Crippen LogP contribution in [0.5, 0.6) is 0 Å². The SMILES string of the molecule is O=C(O)CC1COCCN1C(=O)[C@H]1CCCCN1. The average Bonchev–Trinajstić information content (AvgIpc) is 2.39. The summed E-state index contributed by atoms with van der Waals surface area (Å²) in [5.41, 5.74) is 0. The Morgan fingerprint density at radius 2 is 2.22 bits per heavy atom. The molecule has 1 unspecified atom stereocenters. The molecule has 0 aliphatic carbocycles. The molecular formula is C12H20N2O4. The molecule has 0 aromatic rings. The van der Waals surface area contributed by atoms with Crippen molar-refractivity contribution in [3.8, 4) is 0 Å². The zero-order chi connectivity index (χ0) is 13.0. The molecule has 1 amide bonds. The first kappa shape index (κ1) is 13.3. The topological polar surface area (TPSA) is 78.9 Å². The van der Waals surface area contributed by atoms with Crippen LogP contribution in [0.1, 0.15) is 25.7 Å². The van der Waals surface area contributed by atoms with Gasteiger partial charge in [-0.25, -0.2) is 0 Å². The van der Waals surface area contributed by atoms with E-state index in [-0.39, 0.29) is 24.4 Å². The summed E-state index contributed by atoms with van der Waals surface area (Å²) in [7, 11) is 0. The van der Waals surface area contributed by atoms with Gasteiger partial charge in [-0.15, -0.1) is 0 Å². The maximum absolute atomic E-state index is 12.4. The number of ether oxygens (including phenoxy) is 1. The fourth-order valence-corrected chi connectivity index (χ4v) is 2.58. The normalized spacial score (nSPS) is 29.0. The third-order valence-corrected chi connectivity index (χ3v) is 3.53. The minimum absolute atomic E-state index is 0.0317. The van der Waals surface area contributed by atoms with Gasteiger partial charge in [0.15, 0.2) is 0 Å². The van der Waals surface area contributed by atoms with Crippen LogP contribution in [0, 0.1) is 0 Å². The quantitative estimate of drug-likeness (QED) is 0.733. The van der Waals surface area contributed by atoms with Gasteiger partial charge in [-0.1, -0.05) is 6.42 Å². The number of morpholine rings is 1. The molecule has 0 radical (unpaired) electrons. The number of hydrogen-bond donors (Lipinski definition) is 2. The van der Waals surface area contributed by atoms with E-state index in [2.05, 4.69) is 5.32 Å². The number of carbonyl (C=O) groups is 2. The predicted octanol–water partition coefficient (Wildman–Crippen LogP) is -0.169. The molecule has 0 bridgehead atoms. The van der Waals surface area contributed by atoms with E-state index < -0.39 is 5.97 Å². The highest BCUT2D eigenvalue weighted by molar-refractivity contribution is 5.83. The van der Waals surface area contributed by atoms with Crippen LogP contribution >= 0.6 is 0 Å². The van der Waals surface area contributed by atoms with Gasteiger partial charge in [0, 0.05) is 6.54 Å². The number of carboxylic acid groups (broad SMARTS) is 1. The van der Waals surface area contributed by atoms with Crippen LogP contribution in [-0.4, -0.2) is 60.3 Å². The van der Waals surface area contributed by atoms with E-state index in [9.17, 15) is 9.59 Å². The Labute approximate surface area is 106 Å². The van der Waals surface area contributed by atoms with Crippen molar-refractivity contribution in [1.82, 2.24) is 10.2 Å². The second-order valence-corrected chi connectivity index (χ2v) is 4.86. The van der Waals surface area contributed by atoms with E-state index in [1.807, 2.05) is 0 Å². The van der Waals surface area contributed by atoms with Crippen LogP contribution in [0.2, 0.25) is 0 Å². The van der Waals surface area contributed by atoms with Crippen LogP contribution in [0.4, 0.5) is 0 Å². The molecule has 2 rings (SSSR count). The monoisotopic (exact) mass is 256 g/mol. The Kier molecular flexibility index (Phi) is 4.54. The molecule has 18 heavy (non-hydrogen) atoms. The number of rotatable bonds is 3. The molecule has 2 N–H and O–H groups in total. The highest BCUT2D eigenvalue weighted by Crippen LogP contribution is 2.16. The number of carbonyl (C=O) groups excluding carboxylic acids is 1. The third kappa shape index (κ3) is 3.20. The van der Waals surface area contributed by atoms with Crippen molar-refractivity contribution in [2.75, 3.05) is 26.3 Å². The summed E-state index contributed by atoms with van der Waals surface area (Å²) in [6.45, 7) is 2.18. The van der Waals surface area contributed by atoms with Crippen LogP contribution < -0.4 is 5.32 Å². The van der Waals surface area contributed by atoms with E-state index in [4.69, 9.17) is 9.84 Å². The van der Waals surface area contributed by atoms with Crippen molar-refractivity contribution < 1.29 is 19.4 Å².